The van der Waals surface area contributed by atoms with Crippen molar-refractivity contribution in [2.75, 3.05) is 11.5 Å². The van der Waals surface area contributed by atoms with E-state index in [1.54, 1.807) is 60.2 Å². The maximum Gasteiger partial charge on any atom is 2.00 e. The van der Waals surface area contributed by atoms with Crippen LogP contribution in [0, 0.1) is 0 Å². The summed E-state index contributed by atoms with van der Waals surface area (Å²) < 4.78 is 3.96. The van der Waals surface area contributed by atoms with Crippen LogP contribution < -0.4 is 10.2 Å². The van der Waals surface area contributed by atoms with E-state index in [2.05, 4.69) is 23.8 Å². The Hall–Kier alpha value is 0.439. The van der Waals surface area contributed by atoms with Crippen LogP contribution in [0.1, 0.15) is 37.8 Å². The molecular weight excluding hydrogens is 913 g/mol. The average molecular weight is 941 g/mol. The molecule has 0 bridgehead atoms. The first-order chi connectivity index (χ1) is 23.0. The molecule has 0 aliphatic carbocycles. The first-order valence-electron chi connectivity index (χ1n) is 14.1. The monoisotopic (exact) mass is 937 g/mol. The third-order valence-electron chi connectivity index (χ3n) is 5.55. The van der Waals surface area contributed by atoms with E-state index in [4.69, 9.17) is 69.6 Å². The molecule has 0 atom stereocenters. The van der Waals surface area contributed by atoms with Crippen molar-refractivity contribution in [3.63, 3.8) is 0 Å². The number of nitrogens with zero attached hydrogens (tertiary/aromatic N) is 2. The number of hydrogen-bond acceptors (Lipinski definition) is 10. The maximum atomic E-state index is 12.3. The molecule has 2 aliphatic rings. The van der Waals surface area contributed by atoms with Gasteiger partial charge in [-0.15, -0.1) is 35.0 Å². The normalized spacial score (nSPS) is 13.9. The van der Waals surface area contributed by atoms with E-state index in [0.29, 0.717) is 22.5 Å². The van der Waals surface area contributed by atoms with Crippen molar-refractivity contribution >= 4 is 164 Å². The first-order valence-corrected chi connectivity index (χ1v) is 22.0. The van der Waals surface area contributed by atoms with Crippen LogP contribution in [-0.4, -0.2) is 32.5 Å². The topological polar surface area (TPSA) is 70.8 Å². The van der Waals surface area contributed by atoms with E-state index >= 15 is 0 Å². The van der Waals surface area contributed by atoms with E-state index in [1.807, 2.05) is 71.3 Å². The van der Waals surface area contributed by atoms with Crippen LogP contribution >= 0.6 is 140 Å². The largest absolute Gasteiger partial charge is 2.00 e. The molecule has 267 valence electrons. The minimum atomic E-state index is -0.750. The van der Waals surface area contributed by atoms with Crippen LogP contribution in [0.25, 0.3) is 0 Å². The molecule has 2 aliphatic heterocycles. The summed E-state index contributed by atoms with van der Waals surface area (Å²) in [6, 6.07) is 17.8. The summed E-state index contributed by atoms with van der Waals surface area (Å²) in [5.41, 5.74) is 2.35. The van der Waals surface area contributed by atoms with Crippen molar-refractivity contribution in [1.82, 2.24) is 0 Å². The Balaban J connectivity index is 0.000000837. The molecule has 1 radical (unpaired) electrons. The van der Waals surface area contributed by atoms with Crippen LogP contribution in [0.3, 0.4) is 0 Å². The molecule has 17 heteroatoms. The number of halogens is 6. The summed E-state index contributed by atoms with van der Waals surface area (Å²) in [6.07, 6.45) is 5.51. The smallest absolute Gasteiger partial charge is 0.872 e. The fourth-order valence-corrected chi connectivity index (χ4v) is 12.1. The molecule has 0 amide bonds. The Morgan fingerprint density at radius 1 is 0.633 bits per heavy atom. The van der Waals surface area contributed by atoms with E-state index in [0.717, 1.165) is 34.1 Å². The molecule has 0 spiro atoms. The third-order valence-corrected chi connectivity index (χ3v) is 14.5. The second-order valence-electron chi connectivity index (χ2n) is 9.13. The SMILES string of the molecule is CCCSC1=C(SCCC)SC(=C2Sc3cc(N=Cc4ccccc4[O-])c(N=Cc4ccccc4[O-])cc3S2)S1.ClC(Cl)Cl.ClC(Cl)Cl.[Cu+2]. The van der Waals surface area contributed by atoms with Gasteiger partial charge in [0, 0.05) is 22.2 Å². The molecule has 4 nitrogen and oxygen atoms in total. The molecule has 3 aromatic carbocycles. The molecule has 0 saturated heterocycles. The molecule has 2 heterocycles. The minimum Gasteiger partial charge on any atom is -0.872 e. The Labute approximate surface area is 354 Å². The van der Waals surface area contributed by atoms with Gasteiger partial charge in [0.25, 0.3) is 0 Å². The molecule has 0 saturated carbocycles. The summed E-state index contributed by atoms with van der Waals surface area (Å²) in [4.78, 5) is 11.6. The van der Waals surface area contributed by atoms with Crippen LogP contribution in [0.5, 0.6) is 11.5 Å². The number of hydrogen-bond donors (Lipinski definition) is 0. The van der Waals surface area contributed by atoms with Gasteiger partial charge in [-0.2, -0.15) is 0 Å². The summed E-state index contributed by atoms with van der Waals surface area (Å²) in [5, 5.41) is 24.5. The zero-order valence-electron chi connectivity index (χ0n) is 25.6. The number of benzene rings is 3. The van der Waals surface area contributed by atoms with Gasteiger partial charge in [-0.1, -0.05) is 179 Å². The fraction of sp³-hybridized carbons (Fsp3) is 0.250. The molecule has 0 fully saturated rings. The molecule has 3 aromatic rings. The van der Waals surface area contributed by atoms with Gasteiger partial charge in [-0.05, 0) is 47.6 Å². The Morgan fingerprint density at radius 2 is 0.980 bits per heavy atom. The number of alkyl halides is 6. The molecule has 49 heavy (non-hydrogen) atoms. The van der Waals surface area contributed by atoms with Crippen molar-refractivity contribution in [2.24, 2.45) is 9.98 Å². The van der Waals surface area contributed by atoms with Gasteiger partial charge < -0.3 is 10.2 Å². The standard InChI is InChI=1S/C30H28N2O2S6.2CHCl3.Cu/c1-3-13-35-27-28(36-14-4-2)40-30(39-27)29-37-25-15-21(31-17-19-9-5-7-11-23(19)33)22(16-26(25)38-29)32-18-20-10-6-8-12-24(20)34;2*2-1(3)4;/h5-12,15-18,33-34H,3-4,13-14H2,1-2H3;2*1H;/q;;;+2/p-2. The van der Waals surface area contributed by atoms with Crippen LogP contribution in [-0.2, 0) is 17.1 Å². The third kappa shape index (κ3) is 16.1. The van der Waals surface area contributed by atoms with E-state index in [-0.39, 0.29) is 28.6 Å². The summed E-state index contributed by atoms with van der Waals surface area (Å²) in [6.45, 7) is 4.45. The van der Waals surface area contributed by atoms with Gasteiger partial charge in [0.15, 0.2) is 8.59 Å². The second-order valence-corrected chi connectivity index (χ2v) is 20.5. The zero-order valence-corrected chi connectivity index (χ0v) is 36.0. The van der Waals surface area contributed by atoms with Crippen molar-refractivity contribution in [1.29, 1.82) is 0 Å². The second kappa shape index (κ2) is 24.7. The van der Waals surface area contributed by atoms with Gasteiger partial charge in [0.05, 0.1) is 28.3 Å². The van der Waals surface area contributed by atoms with Gasteiger partial charge >= 0.3 is 17.1 Å². The number of para-hydroxylation sites is 2. The number of aliphatic imine (C=N–C) groups is 2. The van der Waals surface area contributed by atoms with Gasteiger partial charge in [-0.3, -0.25) is 9.98 Å². The first kappa shape index (κ1) is 45.6. The zero-order chi connectivity index (χ0) is 35.1. The van der Waals surface area contributed by atoms with Crippen LogP contribution in [0.15, 0.2) is 97.4 Å². The van der Waals surface area contributed by atoms with Crippen LogP contribution in [0.2, 0.25) is 0 Å². The van der Waals surface area contributed by atoms with E-state index in [9.17, 15) is 10.2 Å². The number of rotatable bonds is 10. The van der Waals surface area contributed by atoms with Crippen molar-refractivity contribution in [3.8, 4) is 11.5 Å². The van der Waals surface area contributed by atoms with Crippen molar-refractivity contribution in [3.05, 3.63) is 88.7 Å². The summed E-state index contributed by atoms with van der Waals surface area (Å²) in [5.74, 6) is 2.10. The maximum absolute atomic E-state index is 12.3. The van der Waals surface area contributed by atoms with E-state index in [1.165, 1.54) is 29.1 Å². The van der Waals surface area contributed by atoms with Gasteiger partial charge in [0.1, 0.15) is 0 Å². The fourth-order valence-electron chi connectivity index (χ4n) is 3.58. The quantitative estimate of drug-likeness (QED) is 0.113. The number of thioether (sulfide) groups is 6. The molecule has 0 aromatic heterocycles. The van der Waals surface area contributed by atoms with Gasteiger partial charge in [0.2, 0.25) is 0 Å². The van der Waals surface area contributed by atoms with Gasteiger partial charge in [-0.25, -0.2) is 0 Å². The van der Waals surface area contributed by atoms with Crippen molar-refractivity contribution < 1.29 is 27.3 Å². The number of fused-ring (bicyclic) bond motifs is 1. The molecule has 5 rings (SSSR count). The Kier molecular flexibility index (Phi) is 23.0. The Morgan fingerprint density at radius 3 is 1.33 bits per heavy atom. The van der Waals surface area contributed by atoms with Crippen LogP contribution in [0.4, 0.5) is 11.4 Å². The summed E-state index contributed by atoms with van der Waals surface area (Å²) in [7, 11) is 0. The molecule has 0 N–H and O–H groups in total. The predicted octanol–water partition coefficient (Wildman–Crippen LogP) is 13.5. The average Bonchev–Trinajstić information content (AvgIpc) is 3.64. The Bertz CT molecular complexity index is 1530. The van der Waals surface area contributed by atoms with E-state index < -0.39 is 8.59 Å². The summed E-state index contributed by atoms with van der Waals surface area (Å²) >= 11 is 40.1. The van der Waals surface area contributed by atoms with Crippen molar-refractivity contribution in [2.45, 2.75) is 45.1 Å². The molecule has 0 unspecified atom stereocenters. The predicted molar refractivity (Wildman–Crippen MR) is 222 cm³/mol. The molecular formula is C32H28Cl6CuN2O2S6. The minimum absolute atomic E-state index is 0.